The van der Waals surface area contributed by atoms with Crippen molar-refractivity contribution < 1.29 is 23.9 Å². The third kappa shape index (κ3) is 6.27. The van der Waals surface area contributed by atoms with Crippen molar-refractivity contribution in [3.05, 3.63) is 35.4 Å². The summed E-state index contributed by atoms with van der Waals surface area (Å²) in [5.74, 6) is -0.481. The van der Waals surface area contributed by atoms with Crippen LogP contribution in [0.4, 0.5) is 4.79 Å². The van der Waals surface area contributed by atoms with Crippen molar-refractivity contribution in [3.63, 3.8) is 0 Å². The van der Waals surface area contributed by atoms with Gasteiger partial charge in [0.05, 0.1) is 6.42 Å². The number of likely N-dealkylation sites (N-methyl/N-ethyl adjacent to an activating group) is 1. The first-order chi connectivity index (χ1) is 12.7. The topological polar surface area (TPSA) is 84.9 Å². The van der Waals surface area contributed by atoms with Crippen LogP contribution in [0.5, 0.6) is 0 Å². The van der Waals surface area contributed by atoms with Gasteiger partial charge in [0.1, 0.15) is 18.2 Å². The molecule has 0 radical (unpaired) electrons. The average Bonchev–Trinajstić information content (AvgIpc) is 3.09. The Hall–Kier alpha value is -2.57. The highest BCUT2D eigenvalue weighted by Crippen LogP contribution is 2.22. The summed E-state index contributed by atoms with van der Waals surface area (Å²) in [5, 5.41) is 2.58. The summed E-state index contributed by atoms with van der Waals surface area (Å²) in [7, 11) is 1.60. The fourth-order valence-electron chi connectivity index (χ4n) is 2.83. The zero-order valence-electron chi connectivity index (χ0n) is 16.4. The molecule has 0 aliphatic carbocycles. The molecule has 0 saturated carbocycles. The van der Waals surface area contributed by atoms with Gasteiger partial charge in [-0.2, -0.15) is 0 Å². The molecule has 7 nitrogen and oxygen atoms in total. The van der Waals surface area contributed by atoms with Gasteiger partial charge in [-0.3, -0.25) is 9.69 Å². The first kappa shape index (κ1) is 20.7. The lowest BCUT2D eigenvalue weighted by atomic mass is 10.1. The number of carbonyl (C=O) groups excluding carboxylic acids is 3. The third-order valence-electron chi connectivity index (χ3n) is 4.20. The van der Waals surface area contributed by atoms with Crippen molar-refractivity contribution in [3.8, 4) is 0 Å². The summed E-state index contributed by atoms with van der Waals surface area (Å²) in [6.45, 7) is 5.99. The maximum absolute atomic E-state index is 12.4. The molecule has 2 rings (SSSR count). The SMILES string of the molecule is CNC(=O)Cc1ccc(COC(=O)[C@H]2CCCN2C(=O)OC(C)(C)C)cc1. The molecule has 1 N–H and O–H groups in total. The molecular formula is C20H28N2O5. The zero-order valence-corrected chi connectivity index (χ0v) is 16.4. The fraction of sp³-hybridized carbons (Fsp3) is 0.550. The number of rotatable bonds is 5. The summed E-state index contributed by atoms with van der Waals surface area (Å²) < 4.78 is 10.8. The average molecular weight is 376 g/mol. The number of nitrogens with zero attached hydrogens (tertiary/aromatic N) is 1. The maximum atomic E-state index is 12.4. The Bertz CT molecular complexity index is 679. The van der Waals surface area contributed by atoms with Gasteiger partial charge in [0, 0.05) is 13.6 Å². The Morgan fingerprint density at radius 1 is 1.15 bits per heavy atom. The highest BCUT2D eigenvalue weighted by Gasteiger charge is 2.37. The van der Waals surface area contributed by atoms with Crippen molar-refractivity contribution >= 4 is 18.0 Å². The van der Waals surface area contributed by atoms with E-state index >= 15 is 0 Å². The lowest BCUT2D eigenvalue weighted by Gasteiger charge is -2.27. The summed E-state index contributed by atoms with van der Waals surface area (Å²) in [6, 6.07) is 6.71. The third-order valence-corrected chi connectivity index (χ3v) is 4.20. The highest BCUT2D eigenvalue weighted by molar-refractivity contribution is 5.82. The van der Waals surface area contributed by atoms with Crippen molar-refractivity contribution in [2.75, 3.05) is 13.6 Å². The molecule has 1 aliphatic heterocycles. The molecule has 1 saturated heterocycles. The van der Waals surface area contributed by atoms with Gasteiger partial charge in [-0.05, 0) is 44.7 Å². The van der Waals surface area contributed by atoms with E-state index in [1.807, 2.05) is 24.3 Å². The second kappa shape index (κ2) is 8.88. The number of hydrogen-bond acceptors (Lipinski definition) is 5. The smallest absolute Gasteiger partial charge is 0.411 e. The molecule has 148 valence electrons. The predicted molar refractivity (Wildman–Crippen MR) is 100.0 cm³/mol. The minimum atomic E-state index is -0.607. The van der Waals surface area contributed by atoms with Crippen LogP contribution in [-0.4, -0.2) is 48.1 Å². The maximum Gasteiger partial charge on any atom is 0.411 e. The molecule has 1 aliphatic rings. The predicted octanol–water partition coefficient (Wildman–Crippen LogP) is 2.42. The molecule has 1 aromatic carbocycles. The van der Waals surface area contributed by atoms with Gasteiger partial charge < -0.3 is 14.8 Å². The Balaban J connectivity index is 1.89. The van der Waals surface area contributed by atoms with Crippen LogP contribution in [0.1, 0.15) is 44.7 Å². The zero-order chi connectivity index (χ0) is 20.0. The van der Waals surface area contributed by atoms with Gasteiger partial charge in [0.2, 0.25) is 5.91 Å². The van der Waals surface area contributed by atoms with Gasteiger partial charge in [0.15, 0.2) is 0 Å². The number of hydrogen-bond donors (Lipinski definition) is 1. The van der Waals surface area contributed by atoms with Crippen molar-refractivity contribution in [1.82, 2.24) is 10.2 Å². The van der Waals surface area contributed by atoms with Crippen LogP contribution in [0.2, 0.25) is 0 Å². The van der Waals surface area contributed by atoms with E-state index in [-0.39, 0.29) is 12.5 Å². The van der Waals surface area contributed by atoms with E-state index in [4.69, 9.17) is 9.47 Å². The molecule has 1 atom stereocenters. The Labute approximate surface area is 160 Å². The number of carbonyl (C=O) groups is 3. The summed E-state index contributed by atoms with van der Waals surface area (Å²) in [6.07, 6.45) is 1.14. The van der Waals surface area contributed by atoms with E-state index in [9.17, 15) is 14.4 Å². The van der Waals surface area contributed by atoms with E-state index in [1.165, 1.54) is 4.90 Å². The van der Waals surface area contributed by atoms with Crippen LogP contribution >= 0.6 is 0 Å². The number of nitrogens with one attached hydrogen (secondary N) is 1. The van der Waals surface area contributed by atoms with Gasteiger partial charge in [-0.1, -0.05) is 24.3 Å². The Morgan fingerprint density at radius 2 is 1.78 bits per heavy atom. The van der Waals surface area contributed by atoms with Crippen molar-refractivity contribution in [1.29, 1.82) is 0 Å². The number of benzene rings is 1. The fourth-order valence-corrected chi connectivity index (χ4v) is 2.83. The van der Waals surface area contributed by atoms with E-state index in [0.29, 0.717) is 19.4 Å². The van der Waals surface area contributed by atoms with E-state index in [1.54, 1.807) is 27.8 Å². The molecule has 0 bridgehead atoms. The van der Waals surface area contributed by atoms with Gasteiger partial charge in [0.25, 0.3) is 0 Å². The van der Waals surface area contributed by atoms with Gasteiger partial charge >= 0.3 is 12.1 Å². The molecule has 0 aromatic heterocycles. The summed E-state index contributed by atoms with van der Waals surface area (Å²) >= 11 is 0. The standard InChI is InChI=1S/C20H28N2O5/c1-20(2,3)27-19(25)22-11-5-6-16(22)18(24)26-13-15-9-7-14(8-10-15)12-17(23)21-4/h7-10,16H,5-6,11-13H2,1-4H3,(H,21,23)/t16-/m1/s1. The van der Waals surface area contributed by atoms with Crippen molar-refractivity contribution in [2.45, 2.75) is 58.3 Å². The second-order valence-electron chi connectivity index (χ2n) is 7.61. The monoisotopic (exact) mass is 376 g/mol. The first-order valence-electron chi connectivity index (χ1n) is 9.14. The minimum absolute atomic E-state index is 0.0577. The van der Waals surface area contributed by atoms with E-state index in [2.05, 4.69) is 5.32 Å². The van der Waals surface area contributed by atoms with Crippen LogP contribution in [0.15, 0.2) is 24.3 Å². The number of esters is 1. The molecule has 0 unspecified atom stereocenters. The van der Waals surface area contributed by atoms with Crippen LogP contribution in [-0.2, 0) is 32.1 Å². The number of ether oxygens (including phenoxy) is 2. The molecule has 1 fully saturated rings. The quantitative estimate of drug-likeness (QED) is 0.798. The van der Waals surface area contributed by atoms with Crippen LogP contribution in [0, 0.1) is 0 Å². The van der Waals surface area contributed by atoms with Crippen molar-refractivity contribution in [2.24, 2.45) is 0 Å². The molecule has 1 heterocycles. The second-order valence-corrected chi connectivity index (χ2v) is 7.61. The summed E-state index contributed by atoms with van der Waals surface area (Å²) in [5.41, 5.74) is 1.10. The molecular weight excluding hydrogens is 348 g/mol. The molecule has 27 heavy (non-hydrogen) atoms. The summed E-state index contributed by atoms with van der Waals surface area (Å²) in [4.78, 5) is 37.5. The van der Waals surface area contributed by atoms with Gasteiger partial charge in [-0.25, -0.2) is 9.59 Å². The lowest BCUT2D eigenvalue weighted by molar-refractivity contribution is -0.150. The first-order valence-corrected chi connectivity index (χ1v) is 9.14. The van der Waals surface area contributed by atoms with Crippen LogP contribution in [0.25, 0.3) is 0 Å². The molecule has 2 amide bonds. The molecule has 7 heteroatoms. The molecule has 1 aromatic rings. The Morgan fingerprint density at radius 3 is 2.37 bits per heavy atom. The van der Waals surface area contributed by atoms with E-state index < -0.39 is 23.7 Å². The minimum Gasteiger partial charge on any atom is -0.459 e. The Kier molecular flexibility index (Phi) is 6.82. The van der Waals surface area contributed by atoms with E-state index in [0.717, 1.165) is 17.5 Å². The largest absolute Gasteiger partial charge is 0.459 e. The van der Waals surface area contributed by atoms with Crippen LogP contribution < -0.4 is 5.32 Å². The number of likely N-dealkylation sites (tertiary alicyclic amines) is 1. The van der Waals surface area contributed by atoms with Crippen LogP contribution in [0.3, 0.4) is 0 Å². The van der Waals surface area contributed by atoms with Gasteiger partial charge in [-0.15, -0.1) is 0 Å². The highest BCUT2D eigenvalue weighted by atomic mass is 16.6. The lowest BCUT2D eigenvalue weighted by Crippen LogP contribution is -2.44. The number of amides is 2. The molecule has 0 spiro atoms. The normalized spacial score (nSPS) is 16.7.